The van der Waals surface area contributed by atoms with Crippen LogP contribution in [0.5, 0.6) is 0 Å². The molecule has 0 bridgehead atoms. The summed E-state index contributed by atoms with van der Waals surface area (Å²) < 4.78 is 1.87. The molecule has 0 aromatic carbocycles. The predicted molar refractivity (Wildman–Crippen MR) is 75.6 cm³/mol. The highest BCUT2D eigenvalue weighted by Gasteiger charge is 2.11. The van der Waals surface area contributed by atoms with Crippen LogP contribution in [0.25, 0.3) is 0 Å². The summed E-state index contributed by atoms with van der Waals surface area (Å²) in [5.41, 5.74) is 3.14. The fraction of sp³-hybridized carbons (Fsp3) is 0.615. The maximum Gasteiger partial charge on any atom is 0.185 e. The second kappa shape index (κ2) is 6.64. The molecule has 1 aromatic heterocycles. The van der Waals surface area contributed by atoms with Gasteiger partial charge in [-0.1, -0.05) is 32.1 Å². The van der Waals surface area contributed by atoms with Gasteiger partial charge in [0.1, 0.15) is 0 Å². The molecule has 0 amide bonds. The zero-order valence-corrected chi connectivity index (χ0v) is 11.0. The maximum atomic E-state index is 5.32. The van der Waals surface area contributed by atoms with E-state index in [1.807, 2.05) is 29.2 Å². The highest BCUT2D eigenvalue weighted by molar-refractivity contribution is 7.80. The topological polar surface area (TPSA) is 29.0 Å². The third kappa shape index (κ3) is 4.38. The van der Waals surface area contributed by atoms with Crippen molar-refractivity contribution in [2.75, 3.05) is 5.43 Å². The van der Waals surface area contributed by atoms with E-state index in [2.05, 4.69) is 10.7 Å². The van der Waals surface area contributed by atoms with E-state index in [1.54, 1.807) is 0 Å². The molecule has 1 fully saturated rings. The van der Waals surface area contributed by atoms with E-state index in [9.17, 15) is 0 Å². The SMILES string of the molecule is S=C(NC1CCCCCCC1)Nn1cccc1. The Morgan fingerprint density at radius 3 is 2.24 bits per heavy atom. The molecule has 1 aromatic rings. The summed E-state index contributed by atoms with van der Waals surface area (Å²) in [4.78, 5) is 0. The van der Waals surface area contributed by atoms with Gasteiger partial charge in [0.05, 0.1) is 0 Å². The zero-order valence-electron chi connectivity index (χ0n) is 10.2. The molecule has 1 saturated carbocycles. The minimum atomic E-state index is 0.547. The monoisotopic (exact) mass is 251 g/mol. The highest BCUT2D eigenvalue weighted by Crippen LogP contribution is 2.16. The molecule has 0 atom stereocenters. The van der Waals surface area contributed by atoms with Gasteiger partial charge >= 0.3 is 0 Å². The van der Waals surface area contributed by atoms with Crippen LogP contribution < -0.4 is 10.7 Å². The largest absolute Gasteiger partial charge is 0.359 e. The van der Waals surface area contributed by atoms with Crippen molar-refractivity contribution in [3.8, 4) is 0 Å². The Hall–Kier alpha value is -1.03. The van der Waals surface area contributed by atoms with Crippen LogP contribution in [0.4, 0.5) is 0 Å². The van der Waals surface area contributed by atoms with Crippen LogP contribution in [0.3, 0.4) is 0 Å². The third-order valence-electron chi connectivity index (χ3n) is 3.28. The quantitative estimate of drug-likeness (QED) is 0.792. The molecule has 1 aliphatic rings. The lowest BCUT2D eigenvalue weighted by Gasteiger charge is -2.23. The average Bonchev–Trinajstić information content (AvgIpc) is 2.74. The molecule has 0 aliphatic heterocycles. The minimum absolute atomic E-state index is 0.547. The summed E-state index contributed by atoms with van der Waals surface area (Å²) in [7, 11) is 0. The number of rotatable bonds is 2. The van der Waals surface area contributed by atoms with E-state index in [4.69, 9.17) is 12.2 Å². The molecule has 4 heteroatoms. The number of nitrogens with zero attached hydrogens (tertiary/aromatic N) is 1. The van der Waals surface area contributed by atoms with Crippen LogP contribution >= 0.6 is 12.2 Å². The molecule has 1 aliphatic carbocycles. The first-order valence-electron chi connectivity index (χ1n) is 6.55. The molecule has 2 N–H and O–H groups in total. The number of hydrogen-bond acceptors (Lipinski definition) is 1. The molecular weight excluding hydrogens is 230 g/mol. The average molecular weight is 251 g/mol. The summed E-state index contributed by atoms with van der Waals surface area (Å²) in [6, 6.07) is 4.50. The van der Waals surface area contributed by atoms with Crippen LogP contribution in [0.15, 0.2) is 24.5 Å². The number of aromatic nitrogens is 1. The Balaban J connectivity index is 1.76. The normalized spacial score (nSPS) is 18.1. The fourth-order valence-electron chi connectivity index (χ4n) is 2.34. The van der Waals surface area contributed by atoms with Crippen molar-refractivity contribution in [2.24, 2.45) is 0 Å². The third-order valence-corrected chi connectivity index (χ3v) is 3.48. The van der Waals surface area contributed by atoms with E-state index in [0.717, 1.165) is 5.11 Å². The summed E-state index contributed by atoms with van der Waals surface area (Å²) in [5, 5.41) is 4.15. The molecule has 3 nitrogen and oxygen atoms in total. The Morgan fingerprint density at radius 1 is 1.00 bits per heavy atom. The van der Waals surface area contributed by atoms with E-state index in [-0.39, 0.29) is 0 Å². The van der Waals surface area contributed by atoms with E-state index >= 15 is 0 Å². The summed E-state index contributed by atoms with van der Waals surface area (Å²) in [6.07, 6.45) is 13.2. The highest BCUT2D eigenvalue weighted by atomic mass is 32.1. The van der Waals surface area contributed by atoms with Gasteiger partial charge < -0.3 is 5.32 Å². The van der Waals surface area contributed by atoms with Crippen LogP contribution in [0.1, 0.15) is 44.9 Å². The molecule has 2 rings (SSSR count). The van der Waals surface area contributed by atoms with Crippen LogP contribution in [-0.2, 0) is 0 Å². The van der Waals surface area contributed by atoms with Gasteiger partial charge in [0.15, 0.2) is 5.11 Å². The lowest BCUT2D eigenvalue weighted by atomic mass is 9.97. The van der Waals surface area contributed by atoms with E-state index < -0.39 is 0 Å². The Labute approximate surface area is 109 Å². The van der Waals surface area contributed by atoms with Gasteiger partial charge in [-0.25, -0.2) is 0 Å². The first kappa shape index (κ1) is 12.4. The lowest BCUT2D eigenvalue weighted by molar-refractivity contribution is 0.429. The number of nitrogens with one attached hydrogen (secondary N) is 2. The van der Waals surface area contributed by atoms with Crippen molar-refractivity contribution in [3.63, 3.8) is 0 Å². The van der Waals surface area contributed by atoms with Crippen LogP contribution in [0.2, 0.25) is 0 Å². The molecule has 1 heterocycles. The van der Waals surface area contributed by atoms with E-state index in [1.165, 1.54) is 44.9 Å². The number of hydrogen-bond donors (Lipinski definition) is 2. The van der Waals surface area contributed by atoms with Gasteiger partial charge in [-0.2, -0.15) is 0 Å². The zero-order chi connectivity index (χ0) is 11.9. The van der Waals surface area contributed by atoms with Crippen molar-refractivity contribution in [1.82, 2.24) is 9.99 Å². The predicted octanol–water partition coefficient (Wildman–Crippen LogP) is 3.02. The summed E-state index contributed by atoms with van der Waals surface area (Å²) >= 11 is 5.32. The molecule has 0 spiro atoms. The summed E-state index contributed by atoms with van der Waals surface area (Å²) in [5.74, 6) is 0. The fourth-order valence-corrected chi connectivity index (χ4v) is 2.62. The Kier molecular flexibility index (Phi) is 4.86. The van der Waals surface area contributed by atoms with Crippen molar-refractivity contribution in [2.45, 2.75) is 51.0 Å². The van der Waals surface area contributed by atoms with Gasteiger partial charge in [0, 0.05) is 18.4 Å². The van der Waals surface area contributed by atoms with Gasteiger partial charge in [-0.3, -0.25) is 10.1 Å². The minimum Gasteiger partial charge on any atom is -0.359 e. The number of thiocarbonyl (C=S) groups is 1. The Bertz CT molecular complexity index is 326. The van der Waals surface area contributed by atoms with Crippen molar-refractivity contribution < 1.29 is 0 Å². The Morgan fingerprint density at radius 2 is 1.59 bits per heavy atom. The van der Waals surface area contributed by atoms with Crippen molar-refractivity contribution in [1.29, 1.82) is 0 Å². The first-order valence-corrected chi connectivity index (χ1v) is 6.96. The summed E-state index contributed by atoms with van der Waals surface area (Å²) in [6.45, 7) is 0. The van der Waals surface area contributed by atoms with Gasteiger partial charge in [-0.15, -0.1) is 0 Å². The smallest absolute Gasteiger partial charge is 0.185 e. The standard InChI is InChI=1S/C13H21N3S/c17-13(15-16-10-6-7-11-16)14-12-8-4-2-1-3-5-9-12/h6-7,10-12H,1-5,8-9H2,(H2,14,15,17). The van der Waals surface area contributed by atoms with Crippen LogP contribution in [-0.4, -0.2) is 15.8 Å². The van der Waals surface area contributed by atoms with Gasteiger partial charge in [0.2, 0.25) is 0 Å². The van der Waals surface area contributed by atoms with Crippen LogP contribution in [0, 0.1) is 0 Å². The van der Waals surface area contributed by atoms with Gasteiger partial charge in [-0.05, 0) is 37.2 Å². The van der Waals surface area contributed by atoms with E-state index in [0.29, 0.717) is 6.04 Å². The molecule has 94 valence electrons. The lowest BCUT2D eigenvalue weighted by Crippen LogP contribution is -2.40. The van der Waals surface area contributed by atoms with Gasteiger partial charge in [0.25, 0.3) is 0 Å². The first-order chi connectivity index (χ1) is 8.34. The second-order valence-corrected chi connectivity index (χ2v) is 5.13. The molecule has 0 saturated heterocycles. The molecule has 17 heavy (non-hydrogen) atoms. The molecule has 0 unspecified atom stereocenters. The van der Waals surface area contributed by atoms with Crippen molar-refractivity contribution >= 4 is 17.3 Å². The second-order valence-electron chi connectivity index (χ2n) is 4.72. The maximum absolute atomic E-state index is 5.32. The molecular formula is C13H21N3S. The molecule has 0 radical (unpaired) electrons. The van der Waals surface area contributed by atoms with Crippen molar-refractivity contribution in [3.05, 3.63) is 24.5 Å².